The van der Waals surface area contributed by atoms with Gasteiger partial charge < -0.3 is 10.1 Å². The van der Waals surface area contributed by atoms with Crippen molar-refractivity contribution in [1.29, 1.82) is 0 Å². The van der Waals surface area contributed by atoms with Gasteiger partial charge in [0.05, 0.1) is 11.5 Å². The normalized spacial score (nSPS) is 11.2. The summed E-state index contributed by atoms with van der Waals surface area (Å²) in [7, 11) is -3.72. The first-order valence-corrected chi connectivity index (χ1v) is 10.5. The minimum atomic E-state index is -3.72. The lowest BCUT2D eigenvalue weighted by atomic mass is 10.2. The molecule has 0 unspecified atom stereocenters. The van der Waals surface area contributed by atoms with Gasteiger partial charge in [-0.1, -0.05) is 15.9 Å². The third-order valence-electron chi connectivity index (χ3n) is 3.57. The molecule has 2 N–H and O–H groups in total. The first-order chi connectivity index (χ1) is 12.8. The van der Waals surface area contributed by atoms with Gasteiger partial charge in [-0.2, -0.15) is 0 Å². The summed E-state index contributed by atoms with van der Waals surface area (Å²) >= 11 is 3.24. The van der Waals surface area contributed by atoms with Gasteiger partial charge >= 0.3 is 0 Å². The van der Waals surface area contributed by atoms with E-state index in [0.717, 1.165) is 0 Å². The summed E-state index contributed by atoms with van der Waals surface area (Å²) in [6.07, 6.45) is -0.0636. The molecule has 1 amide bonds. The van der Waals surface area contributed by atoms with Gasteiger partial charge in [-0.3, -0.25) is 4.79 Å². The minimum Gasteiger partial charge on any atom is -0.494 e. The number of sulfonamides is 1. The molecule has 0 bridgehead atoms. The Kier molecular flexibility index (Phi) is 7.76. The van der Waals surface area contributed by atoms with Crippen LogP contribution in [-0.4, -0.2) is 27.5 Å². The van der Waals surface area contributed by atoms with Gasteiger partial charge in [0, 0.05) is 29.5 Å². The van der Waals surface area contributed by atoms with Crippen molar-refractivity contribution in [3.63, 3.8) is 0 Å². The highest BCUT2D eigenvalue weighted by atomic mass is 79.9. The van der Waals surface area contributed by atoms with E-state index < -0.39 is 15.8 Å². The van der Waals surface area contributed by atoms with Crippen LogP contribution in [0.15, 0.2) is 51.8 Å². The largest absolute Gasteiger partial charge is 0.494 e. The molecule has 27 heavy (non-hydrogen) atoms. The summed E-state index contributed by atoms with van der Waals surface area (Å²) in [6, 6.07) is 10.4. The molecule has 2 aromatic rings. The number of hydrogen-bond donors (Lipinski definition) is 2. The van der Waals surface area contributed by atoms with E-state index in [2.05, 4.69) is 26.0 Å². The molecule has 0 saturated heterocycles. The van der Waals surface area contributed by atoms with Crippen LogP contribution in [0.2, 0.25) is 0 Å². The maximum absolute atomic E-state index is 13.6. The summed E-state index contributed by atoms with van der Waals surface area (Å²) in [5, 5.41) is 2.56. The average Bonchev–Trinajstić information content (AvgIpc) is 2.63. The van der Waals surface area contributed by atoms with E-state index in [1.165, 1.54) is 18.2 Å². The van der Waals surface area contributed by atoms with Gasteiger partial charge in [-0.15, -0.1) is 0 Å². The lowest BCUT2D eigenvalue weighted by Crippen LogP contribution is -2.30. The molecule has 0 heterocycles. The molecule has 0 atom stereocenters. The highest BCUT2D eigenvalue weighted by Crippen LogP contribution is 2.16. The van der Waals surface area contributed by atoms with Crippen LogP contribution in [0.4, 0.5) is 4.39 Å². The van der Waals surface area contributed by atoms with Gasteiger partial charge in [-0.05, 0) is 49.4 Å². The molecule has 0 aliphatic carbocycles. The van der Waals surface area contributed by atoms with Crippen LogP contribution in [0.25, 0.3) is 0 Å². The Bertz CT molecular complexity index is 889. The van der Waals surface area contributed by atoms with Crippen LogP contribution in [0.1, 0.15) is 18.9 Å². The Morgan fingerprint density at radius 3 is 2.56 bits per heavy atom. The van der Waals surface area contributed by atoms with Gasteiger partial charge in [0.2, 0.25) is 15.9 Å². The lowest BCUT2D eigenvalue weighted by molar-refractivity contribution is -0.121. The standard InChI is InChI=1S/C18H20BrFN2O4S/c1-2-26-15-4-6-16(7-5-15)27(24,25)22-10-9-18(23)21-12-13-11-14(19)3-8-17(13)20/h3-8,11,22H,2,9-10,12H2,1H3,(H,21,23). The van der Waals surface area contributed by atoms with Crippen LogP contribution in [0.5, 0.6) is 5.75 Å². The number of halogens is 2. The fraction of sp³-hybridized carbons (Fsp3) is 0.278. The van der Waals surface area contributed by atoms with Crippen LogP contribution in [0, 0.1) is 5.82 Å². The van der Waals surface area contributed by atoms with Crippen molar-refractivity contribution >= 4 is 31.9 Å². The second-order valence-electron chi connectivity index (χ2n) is 5.56. The maximum atomic E-state index is 13.6. The van der Waals surface area contributed by atoms with Crippen molar-refractivity contribution in [1.82, 2.24) is 10.0 Å². The van der Waals surface area contributed by atoms with Gasteiger partial charge in [0.25, 0.3) is 0 Å². The molecular weight excluding hydrogens is 439 g/mol. The summed E-state index contributed by atoms with van der Waals surface area (Å²) in [5.41, 5.74) is 0.340. The van der Waals surface area contributed by atoms with E-state index in [1.54, 1.807) is 24.3 Å². The first kappa shape index (κ1) is 21.3. The van der Waals surface area contributed by atoms with E-state index in [1.807, 2.05) is 6.92 Å². The molecule has 0 aromatic heterocycles. The van der Waals surface area contributed by atoms with E-state index in [-0.39, 0.29) is 30.3 Å². The zero-order valence-corrected chi connectivity index (χ0v) is 17.1. The van der Waals surface area contributed by atoms with E-state index in [9.17, 15) is 17.6 Å². The van der Waals surface area contributed by atoms with E-state index in [0.29, 0.717) is 22.4 Å². The van der Waals surface area contributed by atoms with Crippen molar-refractivity contribution < 1.29 is 22.3 Å². The molecular formula is C18H20BrFN2O4S. The number of carbonyl (C=O) groups is 1. The Morgan fingerprint density at radius 2 is 1.89 bits per heavy atom. The highest BCUT2D eigenvalue weighted by molar-refractivity contribution is 9.10. The molecule has 2 aromatic carbocycles. The molecule has 2 rings (SSSR count). The van der Waals surface area contributed by atoms with Crippen molar-refractivity contribution in [2.24, 2.45) is 0 Å². The van der Waals surface area contributed by atoms with E-state index in [4.69, 9.17) is 4.74 Å². The van der Waals surface area contributed by atoms with Crippen LogP contribution < -0.4 is 14.8 Å². The Balaban J connectivity index is 1.82. The number of rotatable bonds is 9. The molecule has 0 radical (unpaired) electrons. The third kappa shape index (κ3) is 6.60. The number of nitrogens with one attached hydrogen (secondary N) is 2. The van der Waals surface area contributed by atoms with Gasteiger partial charge in [0.1, 0.15) is 11.6 Å². The quantitative estimate of drug-likeness (QED) is 0.604. The number of amides is 1. The number of hydrogen-bond acceptors (Lipinski definition) is 4. The molecule has 9 heteroatoms. The van der Waals surface area contributed by atoms with E-state index >= 15 is 0 Å². The molecule has 0 aliphatic heterocycles. The topological polar surface area (TPSA) is 84.5 Å². The fourth-order valence-electron chi connectivity index (χ4n) is 2.22. The van der Waals surface area contributed by atoms with Crippen molar-refractivity contribution in [3.05, 3.63) is 58.3 Å². The fourth-order valence-corrected chi connectivity index (χ4v) is 3.67. The molecule has 0 spiro atoms. The summed E-state index contributed by atoms with van der Waals surface area (Å²) in [6.45, 7) is 2.28. The van der Waals surface area contributed by atoms with Crippen molar-refractivity contribution in [2.75, 3.05) is 13.2 Å². The molecule has 0 saturated carbocycles. The van der Waals surface area contributed by atoms with Gasteiger partial charge in [0.15, 0.2) is 0 Å². The van der Waals surface area contributed by atoms with Crippen LogP contribution >= 0.6 is 15.9 Å². The van der Waals surface area contributed by atoms with Crippen LogP contribution in [0.3, 0.4) is 0 Å². The highest BCUT2D eigenvalue weighted by Gasteiger charge is 2.14. The monoisotopic (exact) mass is 458 g/mol. The smallest absolute Gasteiger partial charge is 0.240 e. The summed E-state index contributed by atoms with van der Waals surface area (Å²) in [4.78, 5) is 11.9. The first-order valence-electron chi connectivity index (χ1n) is 8.25. The zero-order valence-electron chi connectivity index (χ0n) is 14.7. The average molecular weight is 459 g/mol. The number of carbonyl (C=O) groups excluding carboxylic acids is 1. The summed E-state index contributed by atoms with van der Waals surface area (Å²) < 4.78 is 46.4. The SMILES string of the molecule is CCOc1ccc(S(=O)(=O)NCCC(=O)NCc2cc(Br)ccc2F)cc1. The van der Waals surface area contributed by atoms with Crippen molar-refractivity contribution in [2.45, 2.75) is 24.8 Å². The molecule has 0 aliphatic rings. The predicted molar refractivity (Wildman–Crippen MR) is 103 cm³/mol. The number of benzene rings is 2. The Morgan fingerprint density at radius 1 is 1.19 bits per heavy atom. The second kappa shape index (κ2) is 9.82. The second-order valence-corrected chi connectivity index (χ2v) is 8.25. The maximum Gasteiger partial charge on any atom is 0.240 e. The third-order valence-corrected chi connectivity index (χ3v) is 5.54. The van der Waals surface area contributed by atoms with Crippen molar-refractivity contribution in [3.8, 4) is 5.75 Å². The zero-order chi connectivity index (χ0) is 19.9. The Hall–Kier alpha value is -1.97. The minimum absolute atomic E-state index is 0.0236. The molecule has 146 valence electrons. The lowest BCUT2D eigenvalue weighted by Gasteiger charge is -2.09. The number of ether oxygens (including phenoxy) is 1. The van der Waals surface area contributed by atoms with Crippen LogP contribution in [-0.2, 0) is 21.4 Å². The molecule has 6 nitrogen and oxygen atoms in total. The molecule has 0 fully saturated rings. The predicted octanol–water partition coefficient (Wildman–Crippen LogP) is 2.97. The summed E-state index contributed by atoms with van der Waals surface area (Å²) in [5.74, 6) is -0.228. The Labute approximate surface area is 166 Å². The van der Waals surface area contributed by atoms with Gasteiger partial charge in [-0.25, -0.2) is 17.5 Å².